The van der Waals surface area contributed by atoms with Crippen LogP contribution in [0.15, 0.2) is 89.9 Å². The lowest BCUT2D eigenvalue weighted by Crippen LogP contribution is -2.47. The number of benzene rings is 3. The van der Waals surface area contributed by atoms with Crippen LogP contribution in [0.5, 0.6) is 0 Å². The van der Waals surface area contributed by atoms with E-state index >= 15 is 0 Å². The summed E-state index contributed by atoms with van der Waals surface area (Å²) in [6.07, 6.45) is 1.02. The standard InChI is InChI=1S/C23H22ClN3/c24-21-11-13-22(14-12-21)27-18-26(16-15-19-7-3-1-4-8-19)17-25-23(27)20-9-5-2-6-10-20/h1-14H,15-18H2. The van der Waals surface area contributed by atoms with Crippen LogP contribution < -0.4 is 4.90 Å². The topological polar surface area (TPSA) is 18.8 Å². The van der Waals surface area contributed by atoms with Crippen molar-refractivity contribution >= 4 is 23.1 Å². The van der Waals surface area contributed by atoms with Crippen molar-refractivity contribution in [3.8, 4) is 0 Å². The zero-order chi connectivity index (χ0) is 18.5. The second-order valence-corrected chi connectivity index (χ2v) is 7.10. The number of hydrogen-bond acceptors (Lipinski definition) is 3. The summed E-state index contributed by atoms with van der Waals surface area (Å²) in [7, 11) is 0. The van der Waals surface area contributed by atoms with Crippen LogP contribution in [-0.2, 0) is 6.42 Å². The molecule has 136 valence electrons. The average Bonchev–Trinajstić information content (AvgIpc) is 2.74. The number of halogens is 1. The van der Waals surface area contributed by atoms with Gasteiger partial charge in [0.25, 0.3) is 0 Å². The molecule has 0 unspecified atom stereocenters. The number of amidine groups is 1. The molecule has 0 bridgehead atoms. The molecule has 0 atom stereocenters. The minimum Gasteiger partial charge on any atom is -0.313 e. The van der Waals surface area contributed by atoms with E-state index in [2.05, 4.69) is 76.5 Å². The third-order valence-corrected chi connectivity index (χ3v) is 5.00. The van der Waals surface area contributed by atoms with E-state index in [9.17, 15) is 0 Å². The van der Waals surface area contributed by atoms with E-state index in [1.54, 1.807) is 0 Å². The van der Waals surface area contributed by atoms with Gasteiger partial charge in [-0.1, -0.05) is 72.3 Å². The van der Waals surface area contributed by atoms with Gasteiger partial charge in [-0.25, -0.2) is 0 Å². The van der Waals surface area contributed by atoms with E-state index in [4.69, 9.17) is 16.6 Å². The van der Waals surface area contributed by atoms with Gasteiger partial charge in [0.05, 0.1) is 13.3 Å². The first-order valence-corrected chi connectivity index (χ1v) is 9.57. The molecular weight excluding hydrogens is 354 g/mol. The number of rotatable bonds is 5. The summed E-state index contributed by atoms with van der Waals surface area (Å²) in [4.78, 5) is 9.54. The first-order chi connectivity index (χ1) is 13.3. The molecule has 3 aromatic rings. The van der Waals surface area contributed by atoms with E-state index in [1.807, 2.05) is 18.2 Å². The van der Waals surface area contributed by atoms with Crippen LogP contribution >= 0.6 is 11.6 Å². The molecule has 0 aromatic heterocycles. The van der Waals surface area contributed by atoms with Crippen LogP contribution in [0, 0.1) is 0 Å². The number of anilines is 1. The Morgan fingerprint density at radius 3 is 2.19 bits per heavy atom. The van der Waals surface area contributed by atoms with E-state index in [0.717, 1.165) is 41.7 Å². The van der Waals surface area contributed by atoms with Crippen molar-refractivity contribution in [3.05, 3.63) is 101 Å². The molecule has 3 nitrogen and oxygen atoms in total. The monoisotopic (exact) mass is 375 g/mol. The molecule has 4 rings (SSSR count). The van der Waals surface area contributed by atoms with Gasteiger partial charge in [0, 0.05) is 22.8 Å². The van der Waals surface area contributed by atoms with E-state index < -0.39 is 0 Å². The second-order valence-electron chi connectivity index (χ2n) is 6.67. The highest BCUT2D eigenvalue weighted by atomic mass is 35.5. The van der Waals surface area contributed by atoms with Crippen molar-refractivity contribution in [2.24, 2.45) is 4.99 Å². The van der Waals surface area contributed by atoms with Crippen LogP contribution in [0.1, 0.15) is 11.1 Å². The summed E-state index contributed by atoms with van der Waals surface area (Å²) >= 11 is 6.09. The summed E-state index contributed by atoms with van der Waals surface area (Å²) < 4.78 is 0. The van der Waals surface area contributed by atoms with Gasteiger partial charge in [-0.3, -0.25) is 9.89 Å². The normalized spacial score (nSPS) is 14.9. The summed E-state index contributed by atoms with van der Waals surface area (Å²) in [5.74, 6) is 1.01. The first-order valence-electron chi connectivity index (χ1n) is 9.19. The molecule has 0 N–H and O–H groups in total. The molecule has 0 saturated carbocycles. The second kappa shape index (κ2) is 8.38. The summed E-state index contributed by atoms with van der Waals surface area (Å²) in [5.41, 5.74) is 3.59. The van der Waals surface area contributed by atoms with Crippen LogP contribution in [0.25, 0.3) is 0 Å². The molecule has 0 fully saturated rings. The SMILES string of the molecule is Clc1ccc(N2CN(CCc3ccccc3)CN=C2c2ccccc2)cc1. The highest BCUT2D eigenvalue weighted by molar-refractivity contribution is 6.30. The average molecular weight is 376 g/mol. The largest absolute Gasteiger partial charge is 0.313 e. The zero-order valence-electron chi connectivity index (χ0n) is 15.1. The first kappa shape index (κ1) is 17.8. The predicted molar refractivity (Wildman–Crippen MR) is 113 cm³/mol. The molecule has 4 heteroatoms. The summed E-state index contributed by atoms with van der Waals surface area (Å²) in [5, 5.41) is 0.745. The number of aliphatic imine (C=N–C) groups is 1. The lowest BCUT2D eigenvalue weighted by molar-refractivity contribution is 0.285. The third kappa shape index (κ3) is 4.38. The quantitative estimate of drug-likeness (QED) is 0.620. The Labute approximate surface area is 165 Å². The summed E-state index contributed by atoms with van der Waals surface area (Å²) in [6.45, 7) is 2.49. The van der Waals surface area contributed by atoms with Crippen molar-refractivity contribution in [1.29, 1.82) is 0 Å². The molecule has 0 spiro atoms. The minimum atomic E-state index is 0.709. The molecular formula is C23H22ClN3. The predicted octanol–water partition coefficient (Wildman–Crippen LogP) is 5.07. The minimum absolute atomic E-state index is 0.709. The van der Waals surface area contributed by atoms with Crippen LogP contribution in [-0.4, -0.2) is 30.6 Å². The Balaban J connectivity index is 1.57. The van der Waals surface area contributed by atoms with Gasteiger partial charge < -0.3 is 4.90 Å². The van der Waals surface area contributed by atoms with E-state index in [-0.39, 0.29) is 0 Å². The van der Waals surface area contributed by atoms with E-state index in [1.165, 1.54) is 5.56 Å². The molecule has 1 aliphatic rings. The molecule has 1 heterocycles. The zero-order valence-corrected chi connectivity index (χ0v) is 15.9. The lowest BCUT2D eigenvalue weighted by atomic mass is 10.1. The van der Waals surface area contributed by atoms with Gasteiger partial charge >= 0.3 is 0 Å². The third-order valence-electron chi connectivity index (χ3n) is 4.75. The van der Waals surface area contributed by atoms with Crippen molar-refractivity contribution in [3.63, 3.8) is 0 Å². The molecule has 1 aliphatic heterocycles. The molecule has 27 heavy (non-hydrogen) atoms. The smallest absolute Gasteiger partial charge is 0.137 e. The van der Waals surface area contributed by atoms with Crippen LogP contribution in [0.3, 0.4) is 0 Å². The fraction of sp³-hybridized carbons (Fsp3) is 0.174. The Morgan fingerprint density at radius 2 is 1.48 bits per heavy atom. The maximum absolute atomic E-state index is 6.09. The van der Waals surface area contributed by atoms with Gasteiger partial charge in [0.2, 0.25) is 0 Å². The highest BCUT2D eigenvalue weighted by Crippen LogP contribution is 2.23. The lowest BCUT2D eigenvalue weighted by Gasteiger charge is -2.36. The van der Waals surface area contributed by atoms with Crippen molar-refractivity contribution in [2.75, 3.05) is 24.8 Å². The van der Waals surface area contributed by atoms with Crippen molar-refractivity contribution < 1.29 is 0 Å². The maximum Gasteiger partial charge on any atom is 0.137 e. The van der Waals surface area contributed by atoms with Gasteiger partial charge in [-0.2, -0.15) is 0 Å². The van der Waals surface area contributed by atoms with Gasteiger partial charge in [-0.15, -0.1) is 0 Å². The maximum atomic E-state index is 6.09. The molecule has 0 aliphatic carbocycles. The Morgan fingerprint density at radius 1 is 0.815 bits per heavy atom. The molecule has 0 saturated heterocycles. The summed E-state index contributed by atoms with van der Waals surface area (Å²) in [6, 6.07) is 29.0. The number of nitrogens with zero attached hydrogens (tertiary/aromatic N) is 3. The van der Waals surface area contributed by atoms with Crippen LogP contribution in [0.4, 0.5) is 5.69 Å². The van der Waals surface area contributed by atoms with E-state index in [0.29, 0.717) is 6.67 Å². The highest BCUT2D eigenvalue weighted by Gasteiger charge is 2.23. The fourth-order valence-corrected chi connectivity index (χ4v) is 3.42. The molecule has 0 radical (unpaired) electrons. The van der Waals surface area contributed by atoms with Gasteiger partial charge in [-0.05, 0) is 36.2 Å². The fourth-order valence-electron chi connectivity index (χ4n) is 3.30. The molecule has 0 amide bonds. The van der Waals surface area contributed by atoms with Crippen molar-refractivity contribution in [1.82, 2.24) is 4.90 Å². The Bertz CT molecular complexity index is 892. The van der Waals surface area contributed by atoms with Crippen LogP contribution in [0.2, 0.25) is 5.02 Å². The Hall–Kier alpha value is -2.62. The van der Waals surface area contributed by atoms with Gasteiger partial charge in [0.15, 0.2) is 0 Å². The van der Waals surface area contributed by atoms with Gasteiger partial charge in [0.1, 0.15) is 5.84 Å². The number of hydrogen-bond donors (Lipinski definition) is 0. The van der Waals surface area contributed by atoms with Crippen molar-refractivity contribution in [2.45, 2.75) is 6.42 Å². The Kier molecular flexibility index (Phi) is 5.52. The molecule has 3 aromatic carbocycles.